The van der Waals surface area contributed by atoms with Gasteiger partial charge in [0.1, 0.15) is 18.0 Å². The average Bonchev–Trinajstić information content (AvgIpc) is 2.39. The second-order valence-corrected chi connectivity index (χ2v) is 4.73. The number of rotatable bonds is 1. The van der Waals surface area contributed by atoms with Crippen LogP contribution in [0, 0.1) is 0 Å². The van der Waals surface area contributed by atoms with Crippen molar-refractivity contribution >= 4 is 27.8 Å². The third kappa shape index (κ3) is 2.11. The summed E-state index contributed by atoms with van der Waals surface area (Å²) in [6.45, 7) is 0.560. The Morgan fingerprint density at radius 1 is 1.00 bits per heavy atom. The molecule has 3 rings (SSSR count). The first-order chi connectivity index (χ1) is 8.33. The minimum atomic E-state index is 0.560. The lowest BCUT2D eigenvalue weighted by molar-refractivity contribution is 0.377. The van der Waals surface area contributed by atoms with Crippen molar-refractivity contribution < 1.29 is 4.74 Å². The van der Waals surface area contributed by atoms with E-state index in [0.29, 0.717) is 6.61 Å². The molecule has 2 aromatic carbocycles. The Labute approximate surface area is 108 Å². The van der Waals surface area contributed by atoms with Crippen molar-refractivity contribution in [1.29, 1.82) is 0 Å². The van der Waals surface area contributed by atoms with Gasteiger partial charge in [-0.1, -0.05) is 34.1 Å². The van der Waals surface area contributed by atoms with Crippen LogP contribution in [0.3, 0.4) is 0 Å². The number of nitrogens with zero attached hydrogens (tertiary/aromatic N) is 1. The molecule has 17 heavy (non-hydrogen) atoms. The van der Waals surface area contributed by atoms with E-state index in [2.05, 4.69) is 39.1 Å². The molecule has 1 aliphatic rings. The largest absolute Gasteiger partial charge is 0.486 e. The van der Waals surface area contributed by atoms with Crippen molar-refractivity contribution in [3.8, 4) is 16.9 Å². The van der Waals surface area contributed by atoms with E-state index in [-0.39, 0.29) is 0 Å². The predicted octanol–water partition coefficient (Wildman–Crippen LogP) is 4.21. The molecule has 1 aliphatic heterocycles. The van der Waals surface area contributed by atoms with Gasteiger partial charge in [-0.25, -0.2) is 0 Å². The standard InChI is InChI=1S/C14H10BrNO/c15-12-4-1-10(2-5-12)11-3-6-14-13(9-11)16-7-8-17-14/h1-7,9H,8H2. The van der Waals surface area contributed by atoms with Gasteiger partial charge in [0.2, 0.25) is 0 Å². The van der Waals surface area contributed by atoms with E-state index in [4.69, 9.17) is 4.74 Å². The van der Waals surface area contributed by atoms with Crippen LogP contribution in [0.2, 0.25) is 0 Å². The fourth-order valence-corrected chi connectivity index (χ4v) is 2.09. The molecule has 0 fully saturated rings. The van der Waals surface area contributed by atoms with Gasteiger partial charge in [-0.15, -0.1) is 0 Å². The van der Waals surface area contributed by atoms with E-state index in [1.165, 1.54) is 5.56 Å². The van der Waals surface area contributed by atoms with Crippen molar-refractivity contribution in [2.75, 3.05) is 6.61 Å². The minimum absolute atomic E-state index is 0.560. The molecule has 0 atom stereocenters. The molecular weight excluding hydrogens is 278 g/mol. The molecule has 0 unspecified atom stereocenters. The molecule has 0 amide bonds. The molecule has 1 heterocycles. The summed E-state index contributed by atoms with van der Waals surface area (Å²) in [7, 11) is 0. The van der Waals surface area contributed by atoms with Crippen molar-refractivity contribution in [2.24, 2.45) is 4.99 Å². The molecule has 2 aromatic rings. The molecule has 0 N–H and O–H groups in total. The highest BCUT2D eigenvalue weighted by molar-refractivity contribution is 9.10. The van der Waals surface area contributed by atoms with Crippen LogP contribution in [0.1, 0.15) is 0 Å². The maximum absolute atomic E-state index is 5.48. The Hall–Kier alpha value is -1.61. The molecular formula is C14H10BrNO. The summed E-state index contributed by atoms with van der Waals surface area (Å²) in [4.78, 5) is 4.34. The topological polar surface area (TPSA) is 21.6 Å². The Morgan fingerprint density at radius 2 is 1.76 bits per heavy atom. The first-order valence-corrected chi connectivity index (χ1v) is 6.17. The lowest BCUT2D eigenvalue weighted by Gasteiger charge is -2.12. The van der Waals surface area contributed by atoms with Gasteiger partial charge in [0.25, 0.3) is 0 Å². The molecule has 0 aromatic heterocycles. The number of hydrogen-bond donors (Lipinski definition) is 0. The smallest absolute Gasteiger partial charge is 0.145 e. The van der Waals surface area contributed by atoms with Gasteiger partial charge in [-0.2, -0.15) is 0 Å². The van der Waals surface area contributed by atoms with Crippen molar-refractivity contribution in [3.05, 3.63) is 46.9 Å². The Morgan fingerprint density at radius 3 is 2.59 bits per heavy atom. The zero-order chi connectivity index (χ0) is 11.7. The highest BCUT2D eigenvalue weighted by Gasteiger charge is 2.08. The summed E-state index contributed by atoms with van der Waals surface area (Å²) in [5.41, 5.74) is 3.23. The van der Waals surface area contributed by atoms with E-state index >= 15 is 0 Å². The number of ether oxygens (including phenoxy) is 1. The van der Waals surface area contributed by atoms with Crippen LogP contribution in [-0.4, -0.2) is 12.8 Å². The van der Waals surface area contributed by atoms with E-state index in [0.717, 1.165) is 21.5 Å². The Bertz CT molecular complexity index is 575. The third-order valence-corrected chi connectivity index (χ3v) is 3.21. The maximum atomic E-state index is 5.48. The molecule has 2 nitrogen and oxygen atoms in total. The summed E-state index contributed by atoms with van der Waals surface area (Å²) in [6, 6.07) is 14.3. The summed E-state index contributed by atoms with van der Waals surface area (Å²) >= 11 is 3.43. The highest BCUT2D eigenvalue weighted by Crippen LogP contribution is 2.34. The molecule has 0 bridgehead atoms. The van der Waals surface area contributed by atoms with Gasteiger partial charge < -0.3 is 4.74 Å². The van der Waals surface area contributed by atoms with Gasteiger partial charge in [0, 0.05) is 10.7 Å². The molecule has 0 spiro atoms. The predicted molar refractivity (Wildman–Crippen MR) is 73.2 cm³/mol. The van der Waals surface area contributed by atoms with Gasteiger partial charge in [0.15, 0.2) is 0 Å². The second-order valence-electron chi connectivity index (χ2n) is 3.81. The number of fused-ring (bicyclic) bond motifs is 1. The van der Waals surface area contributed by atoms with Gasteiger partial charge in [-0.05, 0) is 35.4 Å². The SMILES string of the molecule is Brc1ccc(-c2ccc3c(c2)N=CCO3)cc1. The number of hydrogen-bond acceptors (Lipinski definition) is 2. The molecule has 0 aliphatic carbocycles. The number of halogens is 1. The van der Waals surface area contributed by atoms with E-state index in [9.17, 15) is 0 Å². The first-order valence-electron chi connectivity index (χ1n) is 5.38. The fourth-order valence-electron chi connectivity index (χ4n) is 1.82. The van der Waals surface area contributed by atoms with Crippen LogP contribution >= 0.6 is 15.9 Å². The van der Waals surface area contributed by atoms with Crippen LogP contribution in [0.4, 0.5) is 5.69 Å². The van der Waals surface area contributed by atoms with Crippen LogP contribution < -0.4 is 4.74 Å². The molecule has 0 radical (unpaired) electrons. The Balaban J connectivity index is 2.05. The normalized spacial score (nSPS) is 13.0. The maximum Gasteiger partial charge on any atom is 0.145 e. The van der Waals surface area contributed by atoms with E-state index in [1.54, 1.807) is 6.21 Å². The van der Waals surface area contributed by atoms with Gasteiger partial charge in [-0.3, -0.25) is 4.99 Å². The van der Waals surface area contributed by atoms with E-state index in [1.807, 2.05) is 24.3 Å². The summed E-state index contributed by atoms with van der Waals surface area (Å²) in [6.07, 6.45) is 1.79. The molecule has 84 valence electrons. The summed E-state index contributed by atoms with van der Waals surface area (Å²) in [5, 5.41) is 0. The van der Waals surface area contributed by atoms with Crippen molar-refractivity contribution in [2.45, 2.75) is 0 Å². The quantitative estimate of drug-likeness (QED) is 0.770. The number of aliphatic imine (C=N–C) groups is 1. The molecule has 0 saturated carbocycles. The van der Waals surface area contributed by atoms with Crippen LogP contribution in [-0.2, 0) is 0 Å². The summed E-state index contributed by atoms with van der Waals surface area (Å²) < 4.78 is 6.56. The van der Waals surface area contributed by atoms with E-state index < -0.39 is 0 Å². The lowest BCUT2D eigenvalue weighted by atomic mass is 10.0. The van der Waals surface area contributed by atoms with Gasteiger partial charge >= 0.3 is 0 Å². The fraction of sp³-hybridized carbons (Fsp3) is 0.0714. The van der Waals surface area contributed by atoms with Gasteiger partial charge in [0.05, 0.1) is 0 Å². The first kappa shape index (κ1) is 10.5. The second kappa shape index (κ2) is 4.34. The average molecular weight is 288 g/mol. The zero-order valence-electron chi connectivity index (χ0n) is 9.06. The molecule has 0 saturated heterocycles. The Kier molecular flexibility index (Phi) is 2.69. The minimum Gasteiger partial charge on any atom is -0.486 e. The zero-order valence-corrected chi connectivity index (χ0v) is 10.6. The highest BCUT2D eigenvalue weighted by atomic mass is 79.9. The van der Waals surface area contributed by atoms with Crippen LogP contribution in [0.5, 0.6) is 5.75 Å². The third-order valence-electron chi connectivity index (χ3n) is 2.68. The van der Waals surface area contributed by atoms with Crippen LogP contribution in [0.15, 0.2) is 51.9 Å². The summed E-state index contributed by atoms with van der Waals surface area (Å²) in [5.74, 6) is 0.855. The number of benzene rings is 2. The lowest BCUT2D eigenvalue weighted by Crippen LogP contribution is -2.02. The van der Waals surface area contributed by atoms with Crippen molar-refractivity contribution in [3.63, 3.8) is 0 Å². The molecule has 3 heteroatoms. The monoisotopic (exact) mass is 287 g/mol. The van der Waals surface area contributed by atoms with Crippen molar-refractivity contribution in [1.82, 2.24) is 0 Å². The van der Waals surface area contributed by atoms with Crippen LogP contribution in [0.25, 0.3) is 11.1 Å².